The molecule has 1 aliphatic heterocycles. The summed E-state index contributed by atoms with van der Waals surface area (Å²) in [5, 5.41) is 2.67. The van der Waals surface area contributed by atoms with Crippen molar-refractivity contribution in [1.82, 2.24) is 5.32 Å². The first-order chi connectivity index (χ1) is 13.7. The molecule has 2 heterocycles. The van der Waals surface area contributed by atoms with Crippen LogP contribution in [0.5, 0.6) is 0 Å². The highest BCUT2D eigenvalue weighted by Gasteiger charge is 2.32. The normalized spacial score (nSPS) is 13.4. The Morgan fingerprint density at radius 2 is 2.03 bits per heavy atom. The van der Waals surface area contributed by atoms with Crippen molar-refractivity contribution < 1.29 is 22.4 Å². The van der Waals surface area contributed by atoms with Gasteiger partial charge in [-0.05, 0) is 43.2 Å². The Labute approximate surface area is 178 Å². The fourth-order valence-electron chi connectivity index (χ4n) is 3.34. The molecule has 1 aromatic heterocycles. The summed E-state index contributed by atoms with van der Waals surface area (Å²) in [6.45, 7) is 4.22. The summed E-state index contributed by atoms with van der Waals surface area (Å²) in [7, 11) is -3.76. The van der Waals surface area contributed by atoms with Gasteiger partial charge in [0.25, 0.3) is 0 Å². The van der Waals surface area contributed by atoms with Crippen molar-refractivity contribution in [2.24, 2.45) is 0 Å². The van der Waals surface area contributed by atoms with Gasteiger partial charge in [0, 0.05) is 23.9 Å². The summed E-state index contributed by atoms with van der Waals surface area (Å²) in [5.74, 6) is 0.515. The number of furan rings is 1. The molecule has 156 valence electrons. The van der Waals surface area contributed by atoms with Crippen molar-refractivity contribution in [3.8, 4) is 0 Å². The zero-order valence-electron chi connectivity index (χ0n) is 16.3. The van der Waals surface area contributed by atoms with Crippen LogP contribution in [0.1, 0.15) is 36.8 Å². The molecule has 1 aromatic carbocycles. The molecule has 3 rings (SSSR count). The first-order valence-electron chi connectivity index (χ1n) is 9.39. The smallest absolute Gasteiger partial charge is 0.226 e. The number of aryl methyl sites for hydroxylation is 1. The molecule has 2 aromatic rings. The summed E-state index contributed by atoms with van der Waals surface area (Å²) >= 11 is 3.36. The number of nitrogens with one attached hydrogen (secondary N) is 1. The maximum Gasteiger partial charge on any atom is 0.226 e. The summed E-state index contributed by atoms with van der Waals surface area (Å²) in [6.07, 6.45) is 0.723. The van der Waals surface area contributed by atoms with Crippen LogP contribution in [0.3, 0.4) is 0 Å². The van der Waals surface area contributed by atoms with Gasteiger partial charge in [-0.15, -0.1) is 0 Å². The number of anilines is 1. The van der Waals surface area contributed by atoms with Crippen molar-refractivity contribution in [2.75, 3.05) is 17.2 Å². The van der Waals surface area contributed by atoms with E-state index in [0.717, 1.165) is 11.3 Å². The van der Waals surface area contributed by atoms with Crippen LogP contribution in [0.25, 0.3) is 0 Å². The Kier molecular flexibility index (Phi) is 6.48. The molecule has 0 atom stereocenters. The van der Waals surface area contributed by atoms with Crippen molar-refractivity contribution in [3.05, 3.63) is 45.8 Å². The molecule has 2 amide bonds. The predicted molar refractivity (Wildman–Crippen MR) is 112 cm³/mol. The lowest BCUT2D eigenvalue weighted by Gasteiger charge is -2.20. The molecule has 0 unspecified atom stereocenters. The molecule has 0 bridgehead atoms. The van der Waals surface area contributed by atoms with Gasteiger partial charge < -0.3 is 14.6 Å². The Morgan fingerprint density at radius 3 is 2.69 bits per heavy atom. The SMILES string of the molecule is CCC(=O)N1CCc2cc(Br)cc(S(=O)(=O)CCC(=O)NCc3ccc(C)o3)c21. The van der Waals surface area contributed by atoms with Crippen molar-refractivity contribution >= 4 is 43.3 Å². The van der Waals surface area contributed by atoms with Gasteiger partial charge in [-0.1, -0.05) is 22.9 Å². The molecule has 0 aliphatic carbocycles. The molecule has 0 radical (unpaired) electrons. The van der Waals surface area contributed by atoms with Crippen molar-refractivity contribution in [3.63, 3.8) is 0 Å². The number of halogens is 1. The number of hydrogen-bond donors (Lipinski definition) is 1. The van der Waals surface area contributed by atoms with Gasteiger partial charge in [0.2, 0.25) is 11.8 Å². The fraction of sp³-hybridized carbons (Fsp3) is 0.400. The van der Waals surface area contributed by atoms with Crippen LogP contribution in [-0.4, -0.2) is 32.5 Å². The third-order valence-electron chi connectivity index (χ3n) is 4.79. The summed E-state index contributed by atoms with van der Waals surface area (Å²) in [4.78, 5) is 26.0. The Bertz CT molecular complexity index is 1050. The lowest BCUT2D eigenvalue weighted by atomic mass is 10.2. The molecule has 1 N–H and O–H groups in total. The second-order valence-electron chi connectivity index (χ2n) is 6.92. The first-order valence-corrected chi connectivity index (χ1v) is 11.8. The topological polar surface area (TPSA) is 96.7 Å². The first kappa shape index (κ1) is 21.6. The molecule has 0 fully saturated rings. The third-order valence-corrected chi connectivity index (χ3v) is 6.97. The van der Waals surface area contributed by atoms with E-state index in [4.69, 9.17) is 4.42 Å². The van der Waals surface area contributed by atoms with Gasteiger partial charge in [0.05, 0.1) is 22.9 Å². The highest BCUT2D eigenvalue weighted by atomic mass is 79.9. The molecular weight excluding hydrogens is 460 g/mol. The Hall–Kier alpha value is -2.13. The van der Waals surface area contributed by atoms with Crippen LogP contribution in [0.2, 0.25) is 0 Å². The number of amides is 2. The van der Waals surface area contributed by atoms with Crippen LogP contribution < -0.4 is 10.2 Å². The molecule has 9 heteroatoms. The summed E-state index contributed by atoms with van der Waals surface area (Å²) < 4.78 is 32.1. The zero-order chi connectivity index (χ0) is 21.2. The van der Waals surface area contributed by atoms with E-state index in [-0.39, 0.29) is 35.4 Å². The minimum Gasteiger partial charge on any atom is -0.465 e. The standard InChI is InChI=1S/C20H23BrN2O5S/c1-3-19(25)23-8-6-14-10-15(21)11-17(20(14)23)29(26,27)9-7-18(24)22-12-16-5-4-13(2)28-16/h4-5,10-11H,3,6-9,12H2,1-2H3,(H,22,24). The van der Waals surface area contributed by atoms with E-state index in [0.29, 0.717) is 35.3 Å². The number of carbonyl (C=O) groups is 2. The van der Waals surface area contributed by atoms with E-state index in [2.05, 4.69) is 21.2 Å². The maximum atomic E-state index is 13.0. The van der Waals surface area contributed by atoms with Crippen molar-refractivity contribution in [2.45, 2.75) is 44.6 Å². The largest absolute Gasteiger partial charge is 0.465 e. The van der Waals surface area contributed by atoms with Crippen LogP contribution >= 0.6 is 15.9 Å². The maximum absolute atomic E-state index is 13.0. The van der Waals surface area contributed by atoms with Gasteiger partial charge in [-0.25, -0.2) is 8.42 Å². The number of rotatable bonds is 7. The fourth-order valence-corrected chi connectivity index (χ4v) is 5.51. The highest BCUT2D eigenvalue weighted by molar-refractivity contribution is 9.10. The number of hydrogen-bond acceptors (Lipinski definition) is 5. The Morgan fingerprint density at radius 1 is 1.28 bits per heavy atom. The lowest BCUT2D eigenvalue weighted by Crippen LogP contribution is -2.30. The molecule has 0 saturated carbocycles. The van der Waals surface area contributed by atoms with Gasteiger partial charge in [0.1, 0.15) is 11.5 Å². The second-order valence-corrected chi connectivity index (χ2v) is 9.91. The lowest BCUT2D eigenvalue weighted by molar-refractivity contribution is -0.121. The molecule has 0 spiro atoms. The van der Waals surface area contributed by atoms with E-state index in [1.165, 1.54) is 11.0 Å². The molecule has 1 aliphatic rings. The quantitative estimate of drug-likeness (QED) is 0.653. The number of fused-ring (bicyclic) bond motifs is 1. The number of sulfone groups is 1. The third kappa shape index (κ3) is 4.90. The minimum absolute atomic E-state index is 0.0932. The van der Waals surface area contributed by atoms with Crippen LogP contribution in [0, 0.1) is 6.92 Å². The van der Waals surface area contributed by atoms with Crippen LogP contribution in [0.15, 0.2) is 38.1 Å². The molecular formula is C20H23BrN2O5S. The molecule has 29 heavy (non-hydrogen) atoms. The minimum atomic E-state index is -3.76. The average molecular weight is 483 g/mol. The van der Waals surface area contributed by atoms with E-state index in [1.807, 2.05) is 6.07 Å². The molecule has 7 nitrogen and oxygen atoms in total. The average Bonchev–Trinajstić information content (AvgIpc) is 3.29. The Balaban J connectivity index is 1.74. The number of benzene rings is 1. The van der Waals surface area contributed by atoms with Gasteiger partial charge >= 0.3 is 0 Å². The van der Waals surface area contributed by atoms with E-state index >= 15 is 0 Å². The highest BCUT2D eigenvalue weighted by Crippen LogP contribution is 2.38. The number of nitrogens with zero attached hydrogens (tertiary/aromatic N) is 1. The van der Waals surface area contributed by atoms with Crippen LogP contribution in [0.4, 0.5) is 5.69 Å². The summed E-state index contributed by atoms with van der Waals surface area (Å²) in [5.41, 5.74) is 1.27. The monoisotopic (exact) mass is 482 g/mol. The van der Waals surface area contributed by atoms with Gasteiger partial charge in [-0.3, -0.25) is 9.59 Å². The van der Waals surface area contributed by atoms with Crippen LogP contribution in [-0.2, 0) is 32.4 Å². The predicted octanol–water partition coefficient (Wildman–Crippen LogP) is 3.13. The van der Waals surface area contributed by atoms with Crippen molar-refractivity contribution in [1.29, 1.82) is 0 Å². The number of carbonyl (C=O) groups excluding carboxylic acids is 2. The second kappa shape index (κ2) is 8.71. The molecule has 0 saturated heterocycles. The van der Waals surface area contributed by atoms with E-state index < -0.39 is 9.84 Å². The van der Waals surface area contributed by atoms with E-state index in [9.17, 15) is 18.0 Å². The van der Waals surface area contributed by atoms with Gasteiger partial charge in [-0.2, -0.15) is 0 Å². The zero-order valence-corrected chi connectivity index (χ0v) is 18.7. The van der Waals surface area contributed by atoms with E-state index in [1.54, 1.807) is 26.0 Å². The summed E-state index contributed by atoms with van der Waals surface area (Å²) in [6, 6.07) is 6.91. The van der Waals surface area contributed by atoms with Gasteiger partial charge in [0.15, 0.2) is 9.84 Å².